The lowest BCUT2D eigenvalue weighted by Crippen LogP contribution is -2.30. The molecule has 0 saturated heterocycles. The Morgan fingerprint density at radius 3 is 2.58 bits per heavy atom. The molecule has 0 radical (unpaired) electrons. The minimum absolute atomic E-state index is 0.199. The van der Waals surface area contributed by atoms with Crippen molar-refractivity contribution >= 4 is 22.5 Å². The quantitative estimate of drug-likeness (QED) is 0.723. The summed E-state index contributed by atoms with van der Waals surface area (Å²) in [5.74, 6) is 0.199. The second-order valence-corrected chi connectivity index (χ2v) is 6.08. The Morgan fingerprint density at radius 2 is 1.88 bits per heavy atom. The van der Waals surface area contributed by atoms with Gasteiger partial charge in [-0.1, -0.05) is 12.1 Å². The maximum atomic E-state index is 12.3. The molecule has 126 valence electrons. The largest absolute Gasteiger partial charge is 0.343 e. The molecule has 2 heterocycles. The van der Waals surface area contributed by atoms with Gasteiger partial charge in [0.05, 0.1) is 5.52 Å². The van der Waals surface area contributed by atoms with E-state index in [0.29, 0.717) is 12.8 Å². The van der Waals surface area contributed by atoms with Crippen molar-refractivity contribution < 1.29 is 4.79 Å². The summed E-state index contributed by atoms with van der Waals surface area (Å²) in [7, 11) is 0. The normalized spacial score (nSPS) is 11.3. The van der Waals surface area contributed by atoms with Crippen molar-refractivity contribution in [3.63, 3.8) is 0 Å². The Hall–Kier alpha value is -2.43. The SMILES string of the molecule is CCN(CC)C(=O)CCc1c(C)nc2c3ccccc3nn2c1C. The van der Waals surface area contributed by atoms with Crippen LogP contribution in [-0.2, 0) is 11.2 Å². The van der Waals surface area contributed by atoms with E-state index in [2.05, 4.69) is 12.0 Å². The van der Waals surface area contributed by atoms with Gasteiger partial charge >= 0.3 is 0 Å². The fraction of sp³-hybridized carbons (Fsp3) is 0.421. The van der Waals surface area contributed by atoms with Gasteiger partial charge in [-0.2, -0.15) is 5.10 Å². The van der Waals surface area contributed by atoms with Gasteiger partial charge in [0.25, 0.3) is 0 Å². The molecule has 0 spiro atoms. The van der Waals surface area contributed by atoms with Crippen LogP contribution in [-0.4, -0.2) is 38.5 Å². The Labute approximate surface area is 142 Å². The Morgan fingerprint density at radius 1 is 1.17 bits per heavy atom. The summed E-state index contributed by atoms with van der Waals surface area (Å²) >= 11 is 0. The number of benzene rings is 1. The summed E-state index contributed by atoms with van der Waals surface area (Å²) in [5.41, 5.74) is 5.01. The summed E-state index contributed by atoms with van der Waals surface area (Å²) in [5, 5.41) is 5.73. The second-order valence-electron chi connectivity index (χ2n) is 6.08. The predicted octanol–water partition coefficient (Wildman–Crippen LogP) is 3.30. The molecule has 1 amide bonds. The summed E-state index contributed by atoms with van der Waals surface area (Å²) in [6, 6.07) is 8.04. The topological polar surface area (TPSA) is 50.5 Å². The zero-order chi connectivity index (χ0) is 17.3. The van der Waals surface area contributed by atoms with E-state index in [1.165, 1.54) is 0 Å². The van der Waals surface area contributed by atoms with Crippen LogP contribution in [0.1, 0.15) is 37.2 Å². The molecule has 0 saturated carbocycles. The van der Waals surface area contributed by atoms with Gasteiger partial charge in [-0.3, -0.25) is 4.79 Å². The lowest BCUT2D eigenvalue weighted by molar-refractivity contribution is -0.130. The van der Waals surface area contributed by atoms with E-state index in [1.54, 1.807) is 0 Å². The van der Waals surface area contributed by atoms with Gasteiger partial charge in [0.15, 0.2) is 5.65 Å². The number of fused-ring (bicyclic) bond motifs is 3. The number of aryl methyl sites for hydroxylation is 2. The molecule has 0 bridgehead atoms. The highest BCUT2D eigenvalue weighted by Gasteiger charge is 2.16. The molecule has 0 fully saturated rings. The number of hydrogen-bond acceptors (Lipinski definition) is 3. The fourth-order valence-corrected chi connectivity index (χ4v) is 3.30. The van der Waals surface area contributed by atoms with Crippen molar-refractivity contribution in [2.75, 3.05) is 13.1 Å². The Kier molecular flexibility index (Phi) is 4.51. The number of carbonyl (C=O) groups excluding carboxylic acids is 1. The first-order valence-electron chi connectivity index (χ1n) is 8.58. The first-order valence-corrected chi connectivity index (χ1v) is 8.58. The predicted molar refractivity (Wildman–Crippen MR) is 96.2 cm³/mol. The molecule has 0 aliphatic carbocycles. The minimum atomic E-state index is 0.199. The van der Waals surface area contributed by atoms with Gasteiger partial charge in [0.2, 0.25) is 5.91 Å². The van der Waals surface area contributed by atoms with Crippen molar-refractivity contribution in [2.24, 2.45) is 0 Å². The first-order chi connectivity index (χ1) is 11.6. The zero-order valence-electron chi connectivity index (χ0n) is 14.8. The highest BCUT2D eigenvalue weighted by molar-refractivity contribution is 5.92. The second kappa shape index (κ2) is 6.59. The van der Waals surface area contributed by atoms with Gasteiger partial charge in [0, 0.05) is 36.3 Å². The molecule has 3 rings (SSSR count). The molecule has 24 heavy (non-hydrogen) atoms. The van der Waals surface area contributed by atoms with Crippen LogP contribution in [0.5, 0.6) is 0 Å². The molecule has 1 aromatic carbocycles. The van der Waals surface area contributed by atoms with E-state index < -0.39 is 0 Å². The summed E-state index contributed by atoms with van der Waals surface area (Å²) in [6.07, 6.45) is 1.21. The molecular weight excluding hydrogens is 300 g/mol. The van der Waals surface area contributed by atoms with Crippen molar-refractivity contribution in [3.8, 4) is 0 Å². The van der Waals surface area contributed by atoms with Gasteiger partial charge in [0.1, 0.15) is 0 Å². The van der Waals surface area contributed by atoms with Crippen LogP contribution in [0.25, 0.3) is 16.6 Å². The molecule has 3 aromatic rings. The molecular formula is C19H24N4O. The van der Waals surface area contributed by atoms with Gasteiger partial charge in [-0.05, 0) is 51.8 Å². The van der Waals surface area contributed by atoms with Crippen LogP contribution in [0.15, 0.2) is 24.3 Å². The fourth-order valence-electron chi connectivity index (χ4n) is 3.30. The van der Waals surface area contributed by atoms with Crippen molar-refractivity contribution in [3.05, 3.63) is 41.2 Å². The van der Waals surface area contributed by atoms with Crippen LogP contribution in [0, 0.1) is 13.8 Å². The van der Waals surface area contributed by atoms with Gasteiger partial charge in [-0.15, -0.1) is 0 Å². The molecule has 0 unspecified atom stereocenters. The third kappa shape index (κ3) is 2.75. The highest BCUT2D eigenvalue weighted by atomic mass is 16.2. The van der Waals surface area contributed by atoms with Crippen molar-refractivity contribution in [1.82, 2.24) is 19.5 Å². The van der Waals surface area contributed by atoms with Crippen molar-refractivity contribution in [2.45, 2.75) is 40.5 Å². The molecule has 5 nitrogen and oxygen atoms in total. The summed E-state index contributed by atoms with van der Waals surface area (Å²) < 4.78 is 1.91. The molecule has 0 N–H and O–H groups in total. The van der Waals surface area contributed by atoms with Crippen LogP contribution in [0.3, 0.4) is 0 Å². The Balaban J connectivity index is 1.97. The van der Waals surface area contributed by atoms with Crippen molar-refractivity contribution in [1.29, 1.82) is 0 Å². The first kappa shape index (κ1) is 16.4. The average Bonchev–Trinajstić information content (AvgIpc) is 2.95. The highest BCUT2D eigenvalue weighted by Crippen LogP contribution is 2.23. The maximum absolute atomic E-state index is 12.3. The van der Waals surface area contributed by atoms with Gasteiger partial charge in [-0.25, -0.2) is 9.50 Å². The van der Waals surface area contributed by atoms with Crippen LogP contribution in [0.2, 0.25) is 0 Å². The Bertz CT molecular complexity index is 893. The van der Waals surface area contributed by atoms with Crippen LogP contribution in [0.4, 0.5) is 0 Å². The molecule has 0 aliphatic heterocycles. The number of nitrogens with zero attached hydrogens (tertiary/aromatic N) is 4. The van der Waals surface area contributed by atoms with E-state index in [0.717, 1.165) is 46.6 Å². The van der Waals surface area contributed by atoms with E-state index >= 15 is 0 Å². The lowest BCUT2D eigenvalue weighted by Gasteiger charge is -2.19. The standard InChI is InChI=1S/C19H24N4O/c1-5-22(6-2)18(24)12-11-15-13(3)20-19-16-9-7-8-10-17(16)21-23(19)14(15)4/h7-10H,5-6,11-12H2,1-4H3. The van der Waals surface area contributed by atoms with E-state index in [1.807, 2.05) is 54.5 Å². The maximum Gasteiger partial charge on any atom is 0.222 e. The molecule has 5 heteroatoms. The smallest absolute Gasteiger partial charge is 0.222 e. The number of carbonyl (C=O) groups is 1. The molecule has 0 aliphatic rings. The van der Waals surface area contributed by atoms with Crippen LogP contribution >= 0.6 is 0 Å². The van der Waals surface area contributed by atoms with E-state index in [-0.39, 0.29) is 5.91 Å². The zero-order valence-corrected chi connectivity index (χ0v) is 14.8. The number of hydrogen-bond donors (Lipinski definition) is 0. The van der Waals surface area contributed by atoms with Crippen LogP contribution < -0.4 is 0 Å². The van der Waals surface area contributed by atoms with E-state index in [4.69, 9.17) is 4.98 Å². The summed E-state index contributed by atoms with van der Waals surface area (Å²) in [4.78, 5) is 18.9. The van der Waals surface area contributed by atoms with Gasteiger partial charge < -0.3 is 4.90 Å². The number of amides is 1. The summed E-state index contributed by atoms with van der Waals surface area (Å²) in [6.45, 7) is 9.63. The monoisotopic (exact) mass is 324 g/mol. The molecule has 2 aromatic heterocycles. The average molecular weight is 324 g/mol. The molecule has 0 atom stereocenters. The lowest BCUT2D eigenvalue weighted by atomic mass is 10.1. The number of aromatic nitrogens is 3. The minimum Gasteiger partial charge on any atom is -0.343 e. The third-order valence-corrected chi connectivity index (χ3v) is 4.72. The number of rotatable bonds is 5. The van der Waals surface area contributed by atoms with E-state index in [9.17, 15) is 4.79 Å². The third-order valence-electron chi connectivity index (χ3n) is 4.72.